The molecular weight excluding hydrogens is 379 g/mol. The van der Waals surface area contributed by atoms with Gasteiger partial charge in [-0.3, -0.25) is 4.79 Å². The van der Waals surface area contributed by atoms with Crippen molar-refractivity contribution < 1.29 is 17.6 Å². The van der Waals surface area contributed by atoms with Gasteiger partial charge < -0.3 is 9.88 Å². The van der Waals surface area contributed by atoms with Crippen molar-refractivity contribution >= 4 is 33.0 Å². The minimum absolute atomic E-state index is 0.156. The molecule has 3 aromatic rings. The van der Waals surface area contributed by atoms with E-state index >= 15 is 0 Å². The second kappa shape index (κ2) is 7.36. The number of sulfonamides is 1. The minimum Gasteiger partial charge on any atom is -0.325 e. The second-order valence-corrected chi connectivity index (χ2v) is 8.60. The number of amides is 1. The van der Waals surface area contributed by atoms with Gasteiger partial charge in [0.2, 0.25) is 5.91 Å². The van der Waals surface area contributed by atoms with Crippen LogP contribution in [0.15, 0.2) is 58.6 Å². The first-order chi connectivity index (χ1) is 12.4. The maximum absolute atomic E-state index is 14.2. The summed E-state index contributed by atoms with van der Waals surface area (Å²) in [6, 6.07) is 7.29. The SMILES string of the molecule is CN(CC(=O)Nc1ccc(-n2ccnc2)c(F)c1)S(=O)(=O)c1cccs1. The molecule has 26 heavy (non-hydrogen) atoms. The summed E-state index contributed by atoms with van der Waals surface area (Å²) in [5.74, 6) is -1.11. The summed E-state index contributed by atoms with van der Waals surface area (Å²) in [7, 11) is -2.40. The molecule has 1 amide bonds. The summed E-state index contributed by atoms with van der Waals surface area (Å²) in [5, 5.41) is 4.14. The zero-order chi connectivity index (χ0) is 18.7. The first kappa shape index (κ1) is 18.2. The van der Waals surface area contributed by atoms with Gasteiger partial charge in [0, 0.05) is 25.1 Å². The van der Waals surface area contributed by atoms with Gasteiger partial charge in [-0.05, 0) is 29.6 Å². The molecule has 0 saturated heterocycles. The molecule has 10 heteroatoms. The van der Waals surface area contributed by atoms with Crippen LogP contribution in [-0.4, -0.2) is 41.8 Å². The van der Waals surface area contributed by atoms with Gasteiger partial charge in [-0.2, -0.15) is 4.31 Å². The molecule has 3 rings (SSSR count). The van der Waals surface area contributed by atoms with E-state index in [4.69, 9.17) is 0 Å². The molecule has 0 aliphatic rings. The molecule has 0 saturated carbocycles. The van der Waals surface area contributed by atoms with Gasteiger partial charge in [0.05, 0.1) is 18.6 Å². The Morgan fingerprint density at radius 1 is 1.38 bits per heavy atom. The predicted octanol–water partition coefficient (Wildman–Crippen LogP) is 2.33. The van der Waals surface area contributed by atoms with E-state index in [0.717, 1.165) is 15.6 Å². The van der Waals surface area contributed by atoms with Crippen molar-refractivity contribution in [1.82, 2.24) is 13.9 Å². The van der Waals surface area contributed by atoms with Crippen LogP contribution in [0.3, 0.4) is 0 Å². The molecule has 0 bridgehead atoms. The van der Waals surface area contributed by atoms with Gasteiger partial charge in [0.1, 0.15) is 10.0 Å². The monoisotopic (exact) mass is 394 g/mol. The van der Waals surface area contributed by atoms with Crippen LogP contribution < -0.4 is 5.32 Å². The lowest BCUT2D eigenvalue weighted by molar-refractivity contribution is -0.116. The number of benzene rings is 1. The van der Waals surface area contributed by atoms with E-state index in [9.17, 15) is 17.6 Å². The van der Waals surface area contributed by atoms with Gasteiger partial charge in [-0.1, -0.05) is 6.07 Å². The van der Waals surface area contributed by atoms with Crippen molar-refractivity contribution in [2.75, 3.05) is 18.9 Å². The summed E-state index contributed by atoms with van der Waals surface area (Å²) in [4.78, 5) is 16.0. The number of aromatic nitrogens is 2. The molecule has 0 radical (unpaired) electrons. The number of hydrogen-bond acceptors (Lipinski definition) is 5. The maximum Gasteiger partial charge on any atom is 0.252 e. The summed E-state index contributed by atoms with van der Waals surface area (Å²) in [6.45, 7) is -0.384. The Labute approximate surface area is 153 Å². The number of anilines is 1. The zero-order valence-corrected chi connectivity index (χ0v) is 15.3. The van der Waals surface area contributed by atoms with Crippen molar-refractivity contribution in [1.29, 1.82) is 0 Å². The van der Waals surface area contributed by atoms with E-state index in [1.807, 2.05) is 0 Å². The third-order valence-electron chi connectivity index (χ3n) is 3.54. The molecule has 1 N–H and O–H groups in total. The van der Waals surface area contributed by atoms with E-state index in [1.54, 1.807) is 17.6 Å². The Bertz CT molecular complexity index is 1000. The number of rotatable bonds is 6. The Morgan fingerprint density at radius 2 is 2.19 bits per heavy atom. The number of halogens is 1. The standard InChI is InChI=1S/C16H15FN4O3S2/c1-20(26(23,24)16-3-2-8-25-16)10-15(22)19-12-4-5-14(13(17)9-12)21-7-6-18-11-21/h2-9,11H,10H2,1H3,(H,19,22). The van der Waals surface area contributed by atoms with E-state index in [1.165, 1.54) is 48.4 Å². The van der Waals surface area contributed by atoms with Crippen molar-refractivity contribution in [2.45, 2.75) is 4.21 Å². The highest BCUT2D eigenvalue weighted by Gasteiger charge is 2.23. The molecule has 0 spiro atoms. The fraction of sp³-hybridized carbons (Fsp3) is 0.125. The van der Waals surface area contributed by atoms with Crippen LogP contribution in [0.5, 0.6) is 0 Å². The van der Waals surface area contributed by atoms with Crippen LogP contribution in [-0.2, 0) is 14.8 Å². The van der Waals surface area contributed by atoms with Crippen LogP contribution in [0, 0.1) is 5.82 Å². The molecule has 2 heterocycles. The number of nitrogens with zero attached hydrogens (tertiary/aromatic N) is 3. The van der Waals surface area contributed by atoms with Crippen molar-refractivity contribution in [2.24, 2.45) is 0 Å². The number of hydrogen-bond donors (Lipinski definition) is 1. The topological polar surface area (TPSA) is 84.3 Å². The van der Waals surface area contributed by atoms with Crippen LogP contribution in [0.2, 0.25) is 0 Å². The Balaban J connectivity index is 1.68. The van der Waals surface area contributed by atoms with E-state index in [2.05, 4.69) is 10.3 Å². The highest BCUT2D eigenvalue weighted by Crippen LogP contribution is 2.20. The maximum atomic E-state index is 14.2. The molecule has 0 atom stereocenters. The van der Waals surface area contributed by atoms with Crippen molar-refractivity contribution in [3.63, 3.8) is 0 Å². The number of nitrogens with one attached hydrogen (secondary N) is 1. The molecule has 0 aliphatic heterocycles. The fourth-order valence-electron chi connectivity index (χ4n) is 2.25. The quantitative estimate of drug-likeness (QED) is 0.695. The number of thiophene rings is 1. The first-order valence-electron chi connectivity index (χ1n) is 7.45. The number of likely N-dealkylation sites (N-methyl/N-ethyl adjacent to an activating group) is 1. The lowest BCUT2D eigenvalue weighted by Gasteiger charge is -2.16. The largest absolute Gasteiger partial charge is 0.325 e. The third kappa shape index (κ3) is 3.82. The Kier molecular flexibility index (Phi) is 5.16. The average molecular weight is 394 g/mol. The summed E-state index contributed by atoms with van der Waals surface area (Å²) < 4.78 is 41.4. The highest BCUT2D eigenvalue weighted by molar-refractivity contribution is 7.91. The highest BCUT2D eigenvalue weighted by atomic mass is 32.2. The lowest BCUT2D eigenvalue weighted by Crippen LogP contribution is -2.34. The Hall–Kier alpha value is -2.56. The summed E-state index contributed by atoms with van der Waals surface area (Å²) >= 11 is 1.07. The predicted molar refractivity (Wildman–Crippen MR) is 96.3 cm³/mol. The van der Waals surface area contributed by atoms with E-state index in [0.29, 0.717) is 0 Å². The van der Waals surface area contributed by atoms with Crippen molar-refractivity contribution in [3.05, 3.63) is 60.3 Å². The Morgan fingerprint density at radius 3 is 2.81 bits per heavy atom. The minimum atomic E-state index is -3.72. The molecule has 0 unspecified atom stereocenters. The molecule has 1 aromatic carbocycles. The van der Waals surface area contributed by atoms with Crippen LogP contribution in [0.25, 0.3) is 5.69 Å². The number of carbonyl (C=O) groups excluding carboxylic acids is 1. The van der Waals surface area contributed by atoms with Crippen LogP contribution >= 0.6 is 11.3 Å². The third-order valence-corrected chi connectivity index (χ3v) is 6.72. The lowest BCUT2D eigenvalue weighted by atomic mass is 10.2. The molecule has 0 fully saturated rings. The molecule has 7 nitrogen and oxygen atoms in total. The van der Waals surface area contributed by atoms with Gasteiger partial charge in [-0.15, -0.1) is 11.3 Å². The molecular formula is C16H15FN4O3S2. The van der Waals surface area contributed by atoms with Crippen LogP contribution in [0.4, 0.5) is 10.1 Å². The van der Waals surface area contributed by atoms with Gasteiger partial charge in [0.15, 0.2) is 0 Å². The molecule has 2 aromatic heterocycles. The summed E-state index contributed by atoms with van der Waals surface area (Å²) in [5.41, 5.74) is 0.524. The normalized spacial score (nSPS) is 11.7. The van der Waals surface area contributed by atoms with E-state index in [-0.39, 0.29) is 22.1 Å². The summed E-state index contributed by atoms with van der Waals surface area (Å²) in [6.07, 6.45) is 4.58. The first-order valence-corrected chi connectivity index (χ1v) is 9.77. The van der Waals surface area contributed by atoms with E-state index < -0.39 is 21.7 Å². The number of carbonyl (C=O) groups is 1. The smallest absolute Gasteiger partial charge is 0.252 e. The van der Waals surface area contributed by atoms with Crippen LogP contribution in [0.1, 0.15) is 0 Å². The fourth-order valence-corrected chi connectivity index (χ4v) is 4.58. The van der Waals surface area contributed by atoms with Gasteiger partial charge in [0.25, 0.3) is 10.0 Å². The van der Waals surface area contributed by atoms with Gasteiger partial charge in [-0.25, -0.2) is 17.8 Å². The number of imidazole rings is 1. The van der Waals surface area contributed by atoms with Crippen molar-refractivity contribution in [3.8, 4) is 5.69 Å². The van der Waals surface area contributed by atoms with Gasteiger partial charge >= 0.3 is 0 Å². The molecule has 136 valence electrons. The molecule has 0 aliphatic carbocycles. The zero-order valence-electron chi connectivity index (χ0n) is 13.7. The second-order valence-electron chi connectivity index (χ2n) is 5.38. The average Bonchev–Trinajstić information content (AvgIpc) is 3.29.